The lowest BCUT2D eigenvalue weighted by atomic mass is 10.1. The minimum Gasteiger partial charge on any atom is -0.756 e. The van der Waals surface area contributed by atoms with E-state index >= 15 is 0 Å². The van der Waals surface area contributed by atoms with Crippen LogP contribution in [-0.2, 0) is 18.4 Å². The lowest BCUT2D eigenvalue weighted by Gasteiger charge is -2.29. The van der Waals surface area contributed by atoms with Gasteiger partial charge in [-0.1, -0.05) is 230 Å². The second kappa shape index (κ2) is 54.9. The Morgan fingerprint density at radius 3 is 1.24 bits per heavy atom. The third-order valence-corrected chi connectivity index (χ3v) is 12.9. The molecule has 9 heteroatoms. The van der Waals surface area contributed by atoms with Crippen molar-refractivity contribution in [2.45, 2.75) is 212 Å². The van der Waals surface area contributed by atoms with E-state index in [0.29, 0.717) is 23.9 Å². The first-order valence-electron chi connectivity index (χ1n) is 29.3. The first-order chi connectivity index (χ1) is 36.5. The molecule has 0 bridgehead atoms. The van der Waals surface area contributed by atoms with Crippen LogP contribution in [0.1, 0.15) is 200 Å². The standard InChI is InChI=1S/C66H109N2O6P/c1-6-8-10-12-14-16-18-20-22-24-26-27-28-29-30-31-32-33-34-35-36-37-38-39-40-41-42-44-46-48-50-52-54-56-58-60-66(70)67-64(63-74-75(71,72)73-62-61-68(3,4)5)65(69)59-57-55-53-51-49-47-45-43-25-23-21-19-17-15-13-11-9-7-2/h8,10,14,16,20,22,25-27,29-30,32-33,35-36,38-39,41-43,46,48-49,51,57,59,64-65,69H,6-7,9,11-13,15,17-19,21,23-24,28,31,34,37,40,44-45,47,50,52-56,58,60-63H2,1-5H3,(H-,67,70,71,72)/b10-8-,16-14-,22-20-,27-26-,30-29-,33-32-,36-35-,39-38-,42-41-,43-25+,48-46-,51-49+,59-57+. The van der Waals surface area contributed by atoms with E-state index < -0.39 is 26.6 Å². The van der Waals surface area contributed by atoms with Crippen LogP contribution in [0.25, 0.3) is 0 Å². The fourth-order valence-electron chi connectivity index (χ4n) is 7.39. The zero-order valence-corrected chi connectivity index (χ0v) is 49.1. The summed E-state index contributed by atoms with van der Waals surface area (Å²) in [6, 6.07) is -0.936. The lowest BCUT2D eigenvalue weighted by Crippen LogP contribution is -2.45. The topological polar surface area (TPSA) is 108 Å². The fourth-order valence-corrected chi connectivity index (χ4v) is 8.11. The number of unbranched alkanes of at least 4 members (excludes halogenated alkanes) is 14. The van der Waals surface area contributed by atoms with Crippen LogP contribution in [-0.4, -0.2) is 68.5 Å². The summed E-state index contributed by atoms with van der Waals surface area (Å²) in [5.41, 5.74) is 0. The number of phosphoric ester groups is 1. The van der Waals surface area contributed by atoms with Crippen LogP contribution in [0, 0.1) is 0 Å². The fraction of sp³-hybridized carbons (Fsp3) is 0.591. The number of rotatable bonds is 51. The predicted octanol–water partition coefficient (Wildman–Crippen LogP) is 17.6. The summed E-state index contributed by atoms with van der Waals surface area (Å²) < 4.78 is 23.3. The van der Waals surface area contributed by atoms with Gasteiger partial charge in [0.1, 0.15) is 13.2 Å². The molecule has 0 aliphatic rings. The summed E-state index contributed by atoms with van der Waals surface area (Å²) in [5.74, 6) is -0.243. The Labute approximate surface area is 461 Å². The quantitative estimate of drug-likeness (QED) is 0.0272. The second-order valence-corrected chi connectivity index (χ2v) is 21.7. The zero-order chi connectivity index (χ0) is 54.9. The summed E-state index contributed by atoms with van der Waals surface area (Å²) in [4.78, 5) is 25.5. The largest absolute Gasteiger partial charge is 0.756 e. The van der Waals surface area contributed by atoms with Crippen LogP contribution < -0.4 is 10.2 Å². The molecule has 0 aliphatic carbocycles. The number of aliphatic hydroxyl groups is 1. The van der Waals surface area contributed by atoms with Crippen molar-refractivity contribution < 1.29 is 32.9 Å². The summed E-state index contributed by atoms with van der Waals surface area (Å²) in [5, 5.41) is 13.8. The Kier molecular flexibility index (Phi) is 52.1. The summed E-state index contributed by atoms with van der Waals surface area (Å²) in [6.45, 7) is 4.46. The van der Waals surface area contributed by atoms with Crippen molar-refractivity contribution in [2.75, 3.05) is 40.9 Å². The van der Waals surface area contributed by atoms with Gasteiger partial charge in [-0.25, -0.2) is 0 Å². The number of phosphoric acid groups is 1. The molecule has 75 heavy (non-hydrogen) atoms. The maximum atomic E-state index is 13.0. The molecule has 0 heterocycles. The molecule has 0 aliphatic heterocycles. The van der Waals surface area contributed by atoms with Crippen LogP contribution in [0.15, 0.2) is 158 Å². The molecule has 424 valence electrons. The number of nitrogens with one attached hydrogen (secondary N) is 1. The number of aliphatic hydroxyl groups excluding tert-OH is 1. The third-order valence-electron chi connectivity index (χ3n) is 11.9. The highest BCUT2D eigenvalue weighted by Crippen LogP contribution is 2.38. The summed E-state index contributed by atoms with van der Waals surface area (Å²) in [6.07, 6.45) is 86.1. The van der Waals surface area contributed by atoms with Crippen molar-refractivity contribution in [3.05, 3.63) is 158 Å². The Balaban J connectivity index is 4.34. The highest BCUT2D eigenvalue weighted by molar-refractivity contribution is 7.45. The number of hydrogen-bond donors (Lipinski definition) is 2. The number of carbonyl (C=O) groups is 1. The maximum absolute atomic E-state index is 13.0. The number of quaternary nitrogens is 1. The molecule has 0 rings (SSSR count). The third kappa shape index (κ3) is 57.7. The first kappa shape index (κ1) is 71.1. The van der Waals surface area contributed by atoms with E-state index in [2.05, 4.69) is 165 Å². The normalized spacial score (nSPS) is 15.0. The molecule has 0 aromatic heterocycles. The van der Waals surface area contributed by atoms with E-state index in [0.717, 1.165) is 109 Å². The van der Waals surface area contributed by atoms with Gasteiger partial charge in [0, 0.05) is 6.42 Å². The number of nitrogens with zero attached hydrogens (tertiary/aromatic N) is 1. The average Bonchev–Trinajstić information content (AvgIpc) is 3.37. The van der Waals surface area contributed by atoms with Crippen molar-refractivity contribution in [1.29, 1.82) is 0 Å². The Morgan fingerprint density at radius 1 is 0.480 bits per heavy atom. The molecule has 0 fully saturated rings. The summed E-state index contributed by atoms with van der Waals surface area (Å²) in [7, 11) is 1.19. The molecule has 3 unspecified atom stereocenters. The van der Waals surface area contributed by atoms with Gasteiger partial charge in [-0.15, -0.1) is 0 Å². The molecular weight excluding hydrogens is 948 g/mol. The van der Waals surface area contributed by atoms with Crippen molar-refractivity contribution in [2.24, 2.45) is 0 Å². The van der Waals surface area contributed by atoms with E-state index in [-0.39, 0.29) is 18.9 Å². The van der Waals surface area contributed by atoms with Gasteiger partial charge in [-0.2, -0.15) is 0 Å². The van der Waals surface area contributed by atoms with Crippen LogP contribution in [0.2, 0.25) is 0 Å². The molecule has 0 spiro atoms. The van der Waals surface area contributed by atoms with E-state index in [1.807, 2.05) is 27.2 Å². The van der Waals surface area contributed by atoms with Crippen LogP contribution in [0.3, 0.4) is 0 Å². The van der Waals surface area contributed by atoms with E-state index in [9.17, 15) is 19.4 Å². The van der Waals surface area contributed by atoms with Gasteiger partial charge < -0.3 is 28.8 Å². The molecule has 0 radical (unpaired) electrons. The Morgan fingerprint density at radius 2 is 0.827 bits per heavy atom. The predicted molar refractivity (Wildman–Crippen MR) is 324 cm³/mol. The van der Waals surface area contributed by atoms with E-state index in [1.54, 1.807) is 6.08 Å². The smallest absolute Gasteiger partial charge is 0.268 e. The Hall–Kier alpha value is -3.88. The van der Waals surface area contributed by atoms with E-state index in [4.69, 9.17) is 9.05 Å². The van der Waals surface area contributed by atoms with Gasteiger partial charge >= 0.3 is 0 Å². The van der Waals surface area contributed by atoms with Gasteiger partial charge in [0.2, 0.25) is 5.91 Å². The molecule has 0 aromatic carbocycles. The van der Waals surface area contributed by atoms with Crippen molar-refractivity contribution in [1.82, 2.24) is 5.32 Å². The van der Waals surface area contributed by atoms with E-state index in [1.165, 1.54) is 57.8 Å². The average molecular weight is 1060 g/mol. The first-order valence-corrected chi connectivity index (χ1v) is 30.8. The van der Waals surface area contributed by atoms with Crippen LogP contribution in [0.5, 0.6) is 0 Å². The number of carbonyl (C=O) groups excluding carboxylic acids is 1. The maximum Gasteiger partial charge on any atom is 0.268 e. The zero-order valence-electron chi connectivity index (χ0n) is 48.2. The van der Waals surface area contributed by atoms with Crippen molar-refractivity contribution >= 4 is 13.7 Å². The lowest BCUT2D eigenvalue weighted by molar-refractivity contribution is -0.870. The minimum atomic E-state index is -4.63. The minimum absolute atomic E-state index is 0.0235. The van der Waals surface area contributed by atoms with Crippen LogP contribution in [0.4, 0.5) is 0 Å². The van der Waals surface area contributed by atoms with Crippen LogP contribution >= 0.6 is 7.82 Å². The molecule has 8 nitrogen and oxygen atoms in total. The van der Waals surface area contributed by atoms with Crippen molar-refractivity contribution in [3.63, 3.8) is 0 Å². The molecule has 0 aromatic rings. The summed E-state index contributed by atoms with van der Waals surface area (Å²) >= 11 is 0. The van der Waals surface area contributed by atoms with Gasteiger partial charge in [0.05, 0.1) is 39.9 Å². The molecule has 2 N–H and O–H groups in total. The SMILES string of the molecule is CC/C=C\C/C=C\C/C=C\C/C=C\C/C=C\C/C=C\C/C=C\C/C=C\C/C=C\C/C=C\CCCCCCC(=O)NC(COP(=O)([O-])OCC[N+](C)(C)C)C(O)/C=C/CC/C=C/CC/C=C/CCCCCCCCCC. The second-order valence-electron chi connectivity index (χ2n) is 20.2. The Bertz CT molecular complexity index is 1770. The van der Waals surface area contributed by atoms with Gasteiger partial charge in [0.15, 0.2) is 0 Å². The molecule has 1 amide bonds. The highest BCUT2D eigenvalue weighted by atomic mass is 31.2. The molecular formula is C66H109N2O6P. The molecule has 0 saturated carbocycles. The number of amides is 1. The number of likely N-dealkylation sites (N-methyl/N-ethyl adjacent to an activating group) is 1. The number of allylic oxidation sites excluding steroid dienone is 25. The number of hydrogen-bond acceptors (Lipinski definition) is 6. The highest BCUT2D eigenvalue weighted by Gasteiger charge is 2.23. The van der Waals surface area contributed by atoms with Crippen molar-refractivity contribution in [3.8, 4) is 0 Å². The molecule has 0 saturated heterocycles. The van der Waals surface area contributed by atoms with Gasteiger partial charge in [-0.05, 0) is 122 Å². The molecule has 3 atom stereocenters. The van der Waals surface area contributed by atoms with Gasteiger partial charge in [-0.3, -0.25) is 9.36 Å². The monoisotopic (exact) mass is 1060 g/mol. The van der Waals surface area contributed by atoms with Gasteiger partial charge in [0.25, 0.3) is 7.82 Å².